The van der Waals surface area contributed by atoms with E-state index in [9.17, 15) is 9.18 Å². The Bertz CT molecular complexity index is 598. The molecule has 0 saturated heterocycles. The summed E-state index contributed by atoms with van der Waals surface area (Å²) in [6.45, 7) is 3.72. The molecule has 0 spiro atoms. The average molecular weight is 277 g/mol. The summed E-state index contributed by atoms with van der Waals surface area (Å²) in [5, 5.41) is 9.26. The SMILES string of the molecule is Cc1cc(NC(=O)CN[C@H](C)c2cccc(F)c2)on1. The van der Waals surface area contributed by atoms with Crippen LogP contribution in [0.25, 0.3) is 0 Å². The number of aryl methyl sites for hydroxylation is 1. The molecule has 2 aromatic rings. The van der Waals surface area contributed by atoms with Crippen LogP contribution in [0.15, 0.2) is 34.9 Å². The molecule has 0 aliphatic carbocycles. The molecule has 0 unspecified atom stereocenters. The van der Waals surface area contributed by atoms with Crippen molar-refractivity contribution in [3.63, 3.8) is 0 Å². The van der Waals surface area contributed by atoms with Crippen LogP contribution in [-0.4, -0.2) is 17.6 Å². The van der Waals surface area contributed by atoms with E-state index in [1.807, 2.05) is 6.92 Å². The van der Waals surface area contributed by atoms with Crippen LogP contribution in [0.3, 0.4) is 0 Å². The Morgan fingerprint density at radius 2 is 2.25 bits per heavy atom. The topological polar surface area (TPSA) is 67.2 Å². The Morgan fingerprint density at radius 3 is 2.90 bits per heavy atom. The number of carbonyl (C=O) groups excluding carboxylic acids is 1. The van der Waals surface area contributed by atoms with Gasteiger partial charge in [-0.25, -0.2) is 4.39 Å². The van der Waals surface area contributed by atoms with E-state index in [1.165, 1.54) is 12.1 Å². The molecular weight excluding hydrogens is 261 g/mol. The van der Waals surface area contributed by atoms with Crippen molar-refractivity contribution in [3.8, 4) is 0 Å². The molecule has 0 aliphatic heterocycles. The molecule has 1 aromatic carbocycles. The summed E-state index contributed by atoms with van der Waals surface area (Å²) in [6.07, 6.45) is 0. The van der Waals surface area contributed by atoms with Crippen LogP contribution in [0.1, 0.15) is 24.2 Å². The number of hydrogen-bond donors (Lipinski definition) is 2. The highest BCUT2D eigenvalue weighted by Gasteiger charge is 2.10. The number of halogens is 1. The zero-order valence-corrected chi connectivity index (χ0v) is 11.3. The minimum Gasteiger partial charge on any atom is -0.338 e. The van der Waals surface area contributed by atoms with E-state index in [1.54, 1.807) is 25.1 Å². The Labute approximate surface area is 116 Å². The molecule has 1 amide bonds. The molecule has 0 bridgehead atoms. The molecule has 1 heterocycles. The average Bonchev–Trinajstić information content (AvgIpc) is 2.81. The van der Waals surface area contributed by atoms with Gasteiger partial charge in [0, 0.05) is 12.1 Å². The summed E-state index contributed by atoms with van der Waals surface area (Å²) in [7, 11) is 0. The van der Waals surface area contributed by atoms with Crippen LogP contribution in [0, 0.1) is 12.7 Å². The smallest absolute Gasteiger partial charge is 0.240 e. The van der Waals surface area contributed by atoms with Gasteiger partial charge in [-0.05, 0) is 31.5 Å². The first-order valence-electron chi connectivity index (χ1n) is 6.26. The molecule has 1 aromatic heterocycles. The minimum atomic E-state index is -0.294. The first kappa shape index (κ1) is 14.2. The lowest BCUT2D eigenvalue weighted by Crippen LogP contribution is -2.30. The van der Waals surface area contributed by atoms with Gasteiger partial charge in [0.1, 0.15) is 5.82 Å². The normalized spacial score (nSPS) is 12.2. The molecule has 5 nitrogen and oxygen atoms in total. The molecule has 0 aliphatic rings. The Kier molecular flexibility index (Phi) is 4.47. The zero-order chi connectivity index (χ0) is 14.5. The summed E-state index contributed by atoms with van der Waals surface area (Å²) in [5.74, 6) is -0.227. The predicted octanol–water partition coefficient (Wildman–Crippen LogP) is 2.41. The van der Waals surface area contributed by atoms with Gasteiger partial charge in [-0.3, -0.25) is 10.1 Å². The van der Waals surface area contributed by atoms with Crippen LogP contribution in [0.2, 0.25) is 0 Å². The van der Waals surface area contributed by atoms with Crippen molar-refractivity contribution in [2.45, 2.75) is 19.9 Å². The third-order valence-corrected chi connectivity index (χ3v) is 2.81. The maximum absolute atomic E-state index is 13.1. The van der Waals surface area contributed by atoms with Gasteiger partial charge >= 0.3 is 0 Å². The summed E-state index contributed by atoms with van der Waals surface area (Å²) < 4.78 is 18.0. The van der Waals surface area contributed by atoms with Crippen molar-refractivity contribution >= 4 is 11.8 Å². The number of rotatable bonds is 5. The second-order valence-electron chi connectivity index (χ2n) is 4.54. The Hall–Kier alpha value is -2.21. The number of hydrogen-bond acceptors (Lipinski definition) is 4. The van der Waals surface area contributed by atoms with Crippen LogP contribution < -0.4 is 10.6 Å². The van der Waals surface area contributed by atoms with E-state index in [4.69, 9.17) is 4.52 Å². The lowest BCUT2D eigenvalue weighted by Gasteiger charge is -2.13. The van der Waals surface area contributed by atoms with Crippen molar-refractivity contribution in [3.05, 3.63) is 47.4 Å². The number of benzene rings is 1. The van der Waals surface area contributed by atoms with Crippen LogP contribution in [0.4, 0.5) is 10.3 Å². The summed E-state index contributed by atoms with van der Waals surface area (Å²) in [4.78, 5) is 11.7. The van der Waals surface area contributed by atoms with E-state index in [2.05, 4.69) is 15.8 Å². The maximum atomic E-state index is 13.1. The van der Waals surface area contributed by atoms with Crippen molar-refractivity contribution in [1.82, 2.24) is 10.5 Å². The lowest BCUT2D eigenvalue weighted by molar-refractivity contribution is -0.115. The van der Waals surface area contributed by atoms with Crippen LogP contribution >= 0.6 is 0 Å². The van der Waals surface area contributed by atoms with Crippen molar-refractivity contribution < 1.29 is 13.7 Å². The van der Waals surface area contributed by atoms with E-state index in [0.29, 0.717) is 11.6 Å². The first-order chi connectivity index (χ1) is 9.54. The summed E-state index contributed by atoms with van der Waals surface area (Å²) in [6, 6.07) is 7.77. The molecular formula is C14H16FN3O2. The van der Waals surface area contributed by atoms with Crippen LogP contribution in [-0.2, 0) is 4.79 Å². The molecule has 106 valence electrons. The second-order valence-corrected chi connectivity index (χ2v) is 4.54. The van der Waals surface area contributed by atoms with Gasteiger partial charge in [-0.1, -0.05) is 17.3 Å². The van der Waals surface area contributed by atoms with E-state index < -0.39 is 0 Å². The van der Waals surface area contributed by atoms with Crippen molar-refractivity contribution in [2.75, 3.05) is 11.9 Å². The highest BCUT2D eigenvalue weighted by molar-refractivity contribution is 5.90. The third-order valence-electron chi connectivity index (χ3n) is 2.81. The standard InChI is InChI=1S/C14H16FN3O2/c1-9-6-14(20-18-9)17-13(19)8-16-10(2)11-4-3-5-12(15)7-11/h3-7,10,16H,8H2,1-2H3,(H,17,19)/t10-/m1/s1. The van der Waals surface area contributed by atoms with E-state index in [0.717, 1.165) is 5.56 Å². The van der Waals surface area contributed by atoms with E-state index >= 15 is 0 Å². The zero-order valence-electron chi connectivity index (χ0n) is 11.3. The lowest BCUT2D eigenvalue weighted by atomic mass is 10.1. The highest BCUT2D eigenvalue weighted by atomic mass is 19.1. The molecule has 6 heteroatoms. The molecule has 2 rings (SSSR count). The fourth-order valence-corrected chi connectivity index (χ4v) is 1.74. The fourth-order valence-electron chi connectivity index (χ4n) is 1.74. The number of nitrogens with one attached hydrogen (secondary N) is 2. The number of aromatic nitrogens is 1. The second kappa shape index (κ2) is 6.29. The van der Waals surface area contributed by atoms with E-state index in [-0.39, 0.29) is 24.3 Å². The van der Waals surface area contributed by atoms with Gasteiger partial charge in [0.25, 0.3) is 0 Å². The van der Waals surface area contributed by atoms with Crippen molar-refractivity contribution in [1.29, 1.82) is 0 Å². The molecule has 0 fully saturated rings. The summed E-state index contributed by atoms with van der Waals surface area (Å²) >= 11 is 0. The molecule has 1 atom stereocenters. The molecule has 20 heavy (non-hydrogen) atoms. The Morgan fingerprint density at radius 1 is 1.45 bits per heavy atom. The number of carbonyl (C=O) groups is 1. The third kappa shape index (κ3) is 3.89. The molecule has 2 N–H and O–H groups in total. The van der Waals surface area contributed by atoms with Gasteiger partial charge in [0.2, 0.25) is 11.8 Å². The number of anilines is 1. The maximum Gasteiger partial charge on any atom is 0.240 e. The highest BCUT2D eigenvalue weighted by Crippen LogP contribution is 2.13. The van der Waals surface area contributed by atoms with Gasteiger partial charge in [-0.2, -0.15) is 0 Å². The number of nitrogens with zero attached hydrogens (tertiary/aromatic N) is 1. The first-order valence-corrected chi connectivity index (χ1v) is 6.26. The monoisotopic (exact) mass is 277 g/mol. The largest absolute Gasteiger partial charge is 0.338 e. The van der Waals surface area contributed by atoms with Gasteiger partial charge in [-0.15, -0.1) is 0 Å². The quantitative estimate of drug-likeness (QED) is 0.880. The molecule has 0 saturated carbocycles. The Balaban J connectivity index is 1.84. The van der Waals surface area contributed by atoms with Crippen molar-refractivity contribution in [2.24, 2.45) is 0 Å². The van der Waals surface area contributed by atoms with Gasteiger partial charge in [0.05, 0.1) is 12.2 Å². The van der Waals surface area contributed by atoms with Gasteiger partial charge in [0.15, 0.2) is 0 Å². The molecule has 0 radical (unpaired) electrons. The fraction of sp³-hybridized carbons (Fsp3) is 0.286. The van der Waals surface area contributed by atoms with Crippen LogP contribution in [0.5, 0.6) is 0 Å². The van der Waals surface area contributed by atoms with Gasteiger partial charge < -0.3 is 9.84 Å². The summed E-state index contributed by atoms with van der Waals surface area (Å²) in [5.41, 5.74) is 1.48. The number of amides is 1. The minimum absolute atomic E-state index is 0.0947. The predicted molar refractivity (Wildman–Crippen MR) is 72.7 cm³/mol.